The van der Waals surface area contributed by atoms with Crippen molar-refractivity contribution in [2.45, 2.75) is 32.1 Å². The van der Waals surface area contributed by atoms with Crippen LogP contribution in [0.15, 0.2) is 24.3 Å². The lowest BCUT2D eigenvalue weighted by molar-refractivity contribution is 0.129. The van der Waals surface area contributed by atoms with Gasteiger partial charge in [-0.3, -0.25) is 0 Å². The molecule has 0 unspecified atom stereocenters. The van der Waals surface area contributed by atoms with E-state index in [0.29, 0.717) is 6.42 Å². The minimum absolute atomic E-state index is 0.0534. The molecule has 0 radical (unpaired) electrons. The van der Waals surface area contributed by atoms with E-state index in [-0.39, 0.29) is 17.8 Å². The van der Waals surface area contributed by atoms with Crippen molar-refractivity contribution in [1.29, 1.82) is 0 Å². The van der Waals surface area contributed by atoms with E-state index in [1.165, 1.54) is 6.07 Å². The predicted octanol–water partition coefficient (Wildman–Crippen LogP) is 2.92. The average molecular weight is 208 g/mol. The van der Waals surface area contributed by atoms with Crippen molar-refractivity contribution in [2.75, 3.05) is 6.61 Å². The summed E-state index contributed by atoms with van der Waals surface area (Å²) in [4.78, 5) is 0. The molecule has 0 aliphatic heterocycles. The van der Waals surface area contributed by atoms with E-state index in [0.717, 1.165) is 31.2 Å². The van der Waals surface area contributed by atoms with Gasteiger partial charge in [0, 0.05) is 6.61 Å². The highest BCUT2D eigenvalue weighted by molar-refractivity contribution is 5.19. The third-order valence-electron chi connectivity index (χ3n) is 3.52. The van der Waals surface area contributed by atoms with Crippen LogP contribution >= 0.6 is 0 Å². The molecular weight excluding hydrogens is 191 g/mol. The smallest absolute Gasteiger partial charge is 0.126 e. The summed E-state index contributed by atoms with van der Waals surface area (Å²) in [6.45, 7) is 0.182. The monoisotopic (exact) mass is 208 g/mol. The maximum atomic E-state index is 13.5. The van der Waals surface area contributed by atoms with Crippen molar-refractivity contribution in [1.82, 2.24) is 0 Å². The lowest BCUT2D eigenvalue weighted by atomic mass is 9.81. The van der Waals surface area contributed by atoms with Gasteiger partial charge in [0.2, 0.25) is 0 Å². The second-order valence-corrected chi connectivity index (χ2v) is 4.63. The maximum absolute atomic E-state index is 13.5. The van der Waals surface area contributed by atoms with Gasteiger partial charge in [0.25, 0.3) is 0 Å². The van der Waals surface area contributed by atoms with Gasteiger partial charge in [0.1, 0.15) is 5.82 Å². The Balaban J connectivity index is 2.16. The molecule has 0 atom stereocenters. The molecule has 2 heteroatoms. The molecule has 1 saturated carbocycles. The highest BCUT2D eigenvalue weighted by Gasteiger charge is 2.33. The summed E-state index contributed by atoms with van der Waals surface area (Å²) in [6.07, 6.45) is 5.05. The van der Waals surface area contributed by atoms with E-state index >= 15 is 0 Å². The second kappa shape index (κ2) is 4.31. The summed E-state index contributed by atoms with van der Waals surface area (Å²) in [5.41, 5.74) is 0.691. The van der Waals surface area contributed by atoms with Crippen molar-refractivity contribution in [3.63, 3.8) is 0 Å². The molecule has 1 aromatic rings. The van der Waals surface area contributed by atoms with Gasteiger partial charge >= 0.3 is 0 Å². The normalized spacial score (nSPS) is 19.3. The SMILES string of the molecule is OCC1(Cc2ccccc2F)CCCC1. The van der Waals surface area contributed by atoms with Crippen LogP contribution in [-0.4, -0.2) is 11.7 Å². The summed E-state index contributed by atoms with van der Waals surface area (Å²) < 4.78 is 13.5. The number of rotatable bonds is 3. The van der Waals surface area contributed by atoms with Crippen molar-refractivity contribution < 1.29 is 9.50 Å². The number of hydrogen-bond donors (Lipinski definition) is 1. The summed E-state index contributed by atoms with van der Waals surface area (Å²) in [7, 11) is 0. The Kier molecular flexibility index (Phi) is 3.06. The Labute approximate surface area is 89.9 Å². The van der Waals surface area contributed by atoms with Gasteiger partial charge in [0.05, 0.1) is 0 Å². The van der Waals surface area contributed by atoms with Gasteiger partial charge in [0.15, 0.2) is 0 Å². The van der Waals surface area contributed by atoms with Crippen LogP contribution in [0.25, 0.3) is 0 Å². The van der Waals surface area contributed by atoms with Crippen LogP contribution in [0.2, 0.25) is 0 Å². The standard InChI is InChI=1S/C13H17FO/c14-12-6-2-1-5-11(12)9-13(10-15)7-3-4-8-13/h1-2,5-6,15H,3-4,7-10H2. The van der Waals surface area contributed by atoms with Crippen molar-refractivity contribution in [3.05, 3.63) is 35.6 Å². The highest BCUT2D eigenvalue weighted by atomic mass is 19.1. The molecule has 1 aliphatic carbocycles. The molecule has 0 saturated heterocycles. The van der Waals surface area contributed by atoms with Crippen LogP contribution in [0.5, 0.6) is 0 Å². The molecule has 1 fully saturated rings. The Morgan fingerprint density at radius 3 is 2.47 bits per heavy atom. The Hall–Kier alpha value is -0.890. The summed E-state index contributed by atoms with van der Waals surface area (Å²) in [6, 6.07) is 6.89. The quantitative estimate of drug-likeness (QED) is 0.809. The van der Waals surface area contributed by atoms with Crippen LogP contribution in [0.4, 0.5) is 4.39 Å². The number of halogens is 1. The van der Waals surface area contributed by atoms with E-state index in [1.54, 1.807) is 6.07 Å². The largest absolute Gasteiger partial charge is 0.396 e. The van der Waals surface area contributed by atoms with Crippen molar-refractivity contribution in [2.24, 2.45) is 5.41 Å². The third kappa shape index (κ3) is 2.20. The summed E-state index contributed by atoms with van der Waals surface area (Å²) in [5.74, 6) is -0.141. The molecule has 0 bridgehead atoms. The van der Waals surface area contributed by atoms with Gasteiger partial charge in [-0.25, -0.2) is 4.39 Å². The molecule has 1 nitrogen and oxygen atoms in total. The van der Waals surface area contributed by atoms with Gasteiger partial charge in [-0.15, -0.1) is 0 Å². The predicted molar refractivity (Wildman–Crippen MR) is 58.1 cm³/mol. The minimum Gasteiger partial charge on any atom is -0.396 e. The molecule has 1 aromatic carbocycles. The average Bonchev–Trinajstić information content (AvgIpc) is 2.71. The lowest BCUT2D eigenvalue weighted by Crippen LogP contribution is -2.24. The first kappa shape index (κ1) is 10.6. The first-order valence-electron chi connectivity index (χ1n) is 5.60. The molecular formula is C13H17FO. The van der Waals surface area contributed by atoms with Crippen LogP contribution in [0, 0.1) is 11.2 Å². The molecule has 2 rings (SSSR count). The van der Waals surface area contributed by atoms with Crippen LogP contribution in [-0.2, 0) is 6.42 Å². The maximum Gasteiger partial charge on any atom is 0.126 e. The van der Waals surface area contributed by atoms with Crippen LogP contribution in [0.1, 0.15) is 31.2 Å². The Bertz CT molecular complexity index is 329. The molecule has 0 aromatic heterocycles. The number of benzene rings is 1. The molecule has 1 aliphatic rings. The number of hydrogen-bond acceptors (Lipinski definition) is 1. The van der Waals surface area contributed by atoms with E-state index in [4.69, 9.17) is 0 Å². The van der Waals surface area contributed by atoms with Gasteiger partial charge < -0.3 is 5.11 Å². The Morgan fingerprint density at radius 2 is 1.87 bits per heavy atom. The Morgan fingerprint density at radius 1 is 1.20 bits per heavy atom. The zero-order valence-electron chi connectivity index (χ0n) is 8.88. The van der Waals surface area contributed by atoms with Gasteiger partial charge in [-0.05, 0) is 36.3 Å². The lowest BCUT2D eigenvalue weighted by Gasteiger charge is -2.26. The fourth-order valence-corrected chi connectivity index (χ4v) is 2.56. The topological polar surface area (TPSA) is 20.2 Å². The fraction of sp³-hybridized carbons (Fsp3) is 0.538. The first-order valence-corrected chi connectivity index (χ1v) is 5.60. The zero-order valence-corrected chi connectivity index (χ0v) is 8.88. The van der Waals surface area contributed by atoms with E-state index in [2.05, 4.69) is 0 Å². The first-order chi connectivity index (χ1) is 7.26. The molecule has 0 spiro atoms. The van der Waals surface area contributed by atoms with Crippen molar-refractivity contribution >= 4 is 0 Å². The molecule has 0 amide bonds. The van der Waals surface area contributed by atoms with Gasteiger partial charge in [-0.1, -0.05) is 31.0 Å². The summed E-state index contributed by atoms with van der Waals surface area (Å²) in [5, 5.41) is 9.45. The van der Waals surface area contributed by atoms with E-state index in [9.17, 15) is 9.50 Å². The van der Waals surface area contributed by atoms with Crippen molar-refractivity contribution in [3.8, 4) is 0 Å². The third-order valence-corrected chi connectivity index (χ3v) is 3.52. The molecule has 0 heterocycles. The van der Waals surface area contributed by atoms with E-state index < -0.39 is 0 Å². The number of aliphatic hydroxyl groups is 1. The fourth-order valence-electron chi connectivity index (χ4n) is 2.56. The van der Waals surface area contributed by atoms with Crippen LogP contribution < -0.4 is 0 Å². The van der Waals surface area contributed by atoms with Gasteiger partial charge in [-0.2, -0.15) is 0 Å². The van der Waals surface area contributed by atoms with Crippen LogP contribution in [0.3, 0.4) is 0 Å². The second-order valence-electron chi connectivity index (χ2n) is 4.63. The number of aliphatic hydroxyl groups excluding tert-OH is 1. The zero-order chi connectivity index (χ0) is 10.7. The molecule has 1 N–H and O–H groups in total. The molecule has 15 heavy (non-hydrogen) atoms. The highest BCUT2D eigenvalue weighted by Crippen LogP contribution is 2.40. The minimum atomic E-state index is -0.141. The molecule has 82 valence electrons. The van der Waals surface area contributed by atoms with E-state index in [1.807, 2.05) is 12.1 Å². The summed E-state index contributed by atoms with van der Waals surface area (Å²) >= 11 is 0.